The Bertz CT molecular complexity index is 1180. The van der Waals surface area contributed by atoms with Gasteiger partial charge in [0.1, 0.15) is 5.82 Å². The number of esters is 1. The highest BCUT2D eigenvalue weighted by atomic mass is 35.5. The number of nitrogens with two attached hydrogens (primary N) is 1. The van der Waals surface area contributed by atoms with Crippen molar-refractivity contribution >= 4 is 41.1 Å². The number of nitrogen functional groups attached to an aromatic ring is 1. The summed E-state index contributed by atoms with van der Waals surface area (Å²) in [5.41, 5.74) is 6.84. The van der Waals surface area contributed by atoms with Crippen molar-refractivity contribution in [2.45, 2.75) is 19.4 Å². The minimum Gasteiger partial charge on any atom is -0.457 e. The van der Waals surface area contributed by atoms with E-state index in [0.29, 0.717) is 35.7 Å². The molecule has 1 atom stereocenters. The van der Waals surface area contributed by atoms with Gasteiger partial charge in [0.05, 0.1) is 5.92 Å². The highest BCUT2D eigenvalue weighted by Gasteiger charge is 2.30. The van der Waals surface area contributed by atoms with Crippen LogP contribution in [-0.2, 0) is 16.1 Å². The maximum atomic E-state index is 13.1. The number of carbonyl (C=O) groups is 2. The van der Waals surface area contributed by atoms with E-state index in [9.17, 15) is 14.0 Å². The van der Waals surface area contributed by atoms with Crippen LogP contribution in [0.5, 0.6) is 0 Å². The van der Waals surface area contributed by atoms with Gasteiger partial charge in [-0.2, -0.15) is 15.0 Å². The third-order valence-electron chi connectivity index (χ3n) is 5.28. The van der Waals surface area contributed by atoms with Gasteiger partial charge in [0.15, 0.2) is 12.4 Å². The Morgan fingerprint density at radius 3 is 2.59 bits per heavy atom. The summed E-state index contributed by atoms with van der Waals surface area (Å²) in [6, 6.07) is 12.3. The van der Waals surface area contributed by atoms with E-state index >= 15 is 0 Å². The van der Waals surface area contributed by atoms with E-state index in [2.05, 4.69) is 20.3 Å². The number of carbonyl (C=O) groups excluding carboxylic acids is 2. The second kappa shape index (κ2) is 10.4. The number of nitrogens with zero attached hydrogens (tertiary/aromatic N) is 4. The van der Waals surface area contributed by atoms with E-state index in [1.165, 1.54) is 24.3 Å². The summed E-state index contributed by atoms with van der Waals surface area (Å²) in [5.74, 6) is -1.23. The SMILES string of the molecule is Nc1nc(COC(=O)[C@@H]2CCCN(C(=O)c3ccc(F)cc3)C2)nc(Nc2ccc(Cl)cc2)n1. The molecule has 0 spiro atoms. The average molecular weight is 485 g/mol. The maximum absolute atomic E-state index is 13.1. The Balaban J connectivity index is 1.35. The summed E-state index contributed by atoms with van der Waals surface area (Å²) in [4.78, 5) is 39.2. The van der Waals surface area contributed by atoms with Crippen LogP contribution in [0.4, 0.5) is 22.0 Å². The van der Waals surface area contributed by atoms with E-state index in [1.54, 1.807) is 29.2 Å². The number of ether oxygens (including phenoxy) is 1. The number of rotatable bonds is 6. The van der Waals surface area contributed by atoms with E-state index in [1.807, 2.05) is 0 Å². The van der Waals surface area contributed by atoms with Crippen molar-refractivity contribution in [2.24, 2.45) is 5.92 Å². The fourth-order valence-corrected chi connectivity index (χ4v) is 3.73. The molecular weight excluding hydrogens is 463 g/mol. The molecule has 176 valence electrons. The first-order valence-corrected chi connectivity index (χ1v) is 11.0. The molecule has 0 unspecified atom stereocenters. The molecule has 3 N–H and O–H groups in total. The van der Waals surface area contributed by atoms with Crippen LogP contribution >= 0.6 is 11.6 Å². The fourth-order valence-electron chi connectivity index (χ4n) is 3.60. The summed E-state index contributed by atoms with van der Waals surface area (Å²) in [7, 11) is 0. The molecule has 1 saturated heterocycles. The third kappa shape index (κ3) is 5.96. The minimum absolute atomic E-state index is 0.0220. The zero-order valence-corrected chi connectivity index (χ0v) is 18.8. The molecule has 0 saturated carbocycles. The van der Waals surface area contributed by atoms with Crippen molar-refractivity contribution in [3.05, 3.63) is 70.8 Å². The average Bonchev–Trinajstić information content (AvgIpc) is 2.84. The van der Waals surface area contributed by atoms with E-state index in [-0.39, 0.29) is 36.8 Å². The molecule has 0 radical (unpaired) electrons. The number of benzene rings is 2. The lowest BCUT2D eigenvalue weighted by Crippen LogP contribution is -2.42. The highest BCUT2D eigenvalue weighted by molar-refractivity contribution is 6.30. The maximum Gasteiger partial charge on any atom is 0.311 e. The number of amides is 1. The monoisotopic (exact) mass is 484 g/mol. The zero-order valence-electron chi connectivity index (χ0n) is 18.1. The second-order valence-electron chi connectivity index (χ2n) is 7.77. The van der Waals surface area contributed by atoms with Crippen molar-refractivity contribution in [2.75, 3.05) is 24.1 Å². The topological polar surface area (TPSA) is 123 Å². The molecule has 1 aliphatic heterocycles. The number of hydrogen-bond donors (Lipinski definition) is 2. The first-order valence-electron chi connectivity index (χ1n) is 10.6. The van der Waals surface area contributed by atoms with Crippen molar-refractivity contribution in [3.63, 3.8) is 0 Å². The van der Waals surface area contributed by atoms with Gasteiger partial charge in [-0.05, 0) is 61.4 Å². The predicted octanol–water partition coefficient (Wildman–Crippen LogP) is 3.59. The molecule has 1 fully saturated rings. The first-order chi connectivity index (χ1) is 16.4. The normalized spacial score (nSPS) is 15.6. The Morgan fingerprint density at radius 1 is 1.12 bits per heavy atom. The van der Waals surface area contributed by atoms with Crippen molar-refractivity contribution in [3.8, 4) is 0 Å². The van der Waals surface area contributed by atoms with Gasteiger partial charge in [-0.25, -0.2) is 4.39 Å². The lowest BCUT2D eigenvalue weighted by molar-refractivity contribution is -0.151. The molecule has 1 aliphatic rings. The van der Waals surface area contributed by atoms with Gasteiger partial charge < -0.3 is 20.7 Å². The molecule has 9 nitrogen and oxygen atoms in total. The van der Waals surface area contributed by atoms with Crippen LogP contribution in [0, 0.1) is 11.7 Å². The Hall–Kier alpha value is -3.79. The van der Waals surface area contributed by atoms with Gasteiger partial charge in [0, 0.05) is 29.4 Å². The number of hydrogen-bond acceptors (Lipinski definition) is 8. The molecule has 11 heteroatoms. The molecular formula is C23H22ClFN6O3. The summed E-state index contributed by atoms with van der Waals surface area (Å²) < 4.78 is 18.6. The fraction of sp³-hybridized carbons (Fsp3) is 0.261. The molecule has 0 aliphatic carbocycles. The third-order valence-corrected chi connectivity index (χ3v) is 5.53. The second-order valence-corrected chi connectivity index (χ2v) is 8.21. The Morgan fingerprint density at radius 2 is 1.85 bits per heavy atom. The lowest BCUT2D eigenvalue weighted by atomic mass is 9.97. The lowest BCUT2D eigenvalue weighted by Gasteiger charge is -2.31. The van der Waals surface area contributed by atoms with Gasteiger partial charge in [-0.15, -0.1) is 0 Å². The van der Waals surface area contributed by atoms with Crippen LogP contribution in [0.3, 0.4) is 0 Å². The molecule has 2 aromatic carbocycles. The largest absolute Gasteiger partial charge is 0.457 e. The number of likely N-dealkylation sites (tertiary alicyclic amines) is 1. The van der Waals surface area contributed by atoms with Crippen LogP contribution < -0.4 is 11.1 Å². The summed E-state index contributed by atoms with van der Waals surface area (Å²) in [5, 5.41) is 3.58. The molecule has 0 bridgehead atoms. The number of halogens is 2. The van der Waals surface area contributed by atoms with E-state index in [0.717, 1.165) is 0 Å². The summed E-state index contributed by atoms with van der Waals surface area (Å²) in [6.45, 7) is 0.546. The number of nitrogens with one attached hydrogen (secondary N) is 1. The first kappa shape index (κ1) is 23.4. The molecule has 4 rings (SSSR count). The van der Waals surface area contributed by atoms with Gasteiger partial charge in [0.2, 0.25) is 11.9 Å². The van der Waals surface area contributed by atoms with Crippen molar-refractivity contribution in [1.82, 2.24) is 19.9 Å². The Kier molecular flexibility index (Phi) is 7.17. The molecule has 2 heterocycles. The zero-order chi connectivity index (χ0) is 24.1. The quantitative estimate of drug-likeness (QED) is 0.509. The number of anilines is 3. The van der Waals surface area contributed by atoms with E-state index in [4.69, 9.17) is 22.1 Å². The highest BCUT2D eigenvalue weighted by Crippen LogP contribution is 2.21. The molecule has 34 heavy (non-hydrogen) atoms. The molecule has 1 aromatic heterocycles. The van der Waals surface area contributed by atoms with Crippen LogP contribution in [0.2, 0.25) is 5.02 Å². The van der Waals surface area contributed by atoms with Crippen LogP contribution in [0.1, 0.15) is 29.0 Å². The van der Waals surface area contributed by atoms with Crippen molar-refractivity contribution in [1.29, 1.82) is 0 Å². The van der Waals surface area contributed by atoms with Gasteiger partial charge in [0.25, 0.3) is 5.91 Å². The van der Waals surface area contributed by atoms with Crippen LogP contribution in [0.15, 0.2) is 48.5 Å². The predicted molar refractivity (Wildman–Crippen MR) is 124 cm³/mol. The van der Waals surface area contributed by atoms with Gasteiger partial charge >= 0.3 is 5.97 Å². The number of aromatic nitrogens is 3. The Labute approximate surface area is 200 Å². The summed E-state index contributed by atoms with van der Waals surface area (Å²) in [6.07, 6.45) is 1.25. The smallest absolute Gasteiger partial charge is 0.311 e. The van der Waals surface area contributed by atoms with Crippen LogP contribution in [0.25, 0.3) is 0 Å². The minimum atomic E-state index is -0.482. The van der Waals surface area contributed by atoms with E-state index < -0.39 is 17.7 Å². The standard InChI is InChI=1S/C23H22ClFN6O3/c24-16-5-9-18(10-6-16)27-23-29-19(28-22(26)30-23)13-34-21(33)15-2-1-11-31(12-15)20(32)14-3-7-17(25)8-4-14/h3-10,15H,1-2,11-13H2,(H3,26,27,28,29,30)/t15-/m1/s1. The van der Waals surface area contributed by atoms with Crippen molar-refractivity contribution < 1.29 is 18.7 Å². The van der Waals surface area contributed by atoms with Crippen LogP contribution in [-0.4, -0.2) is 44.8 Å². The summed E-state index contributed by atoms with van der Waals surface area (Å²) >= 11 is 5.89. The molecule has 1 amide bonds. The molecule has 3 aromatic rings. The van der Waals surface area contributed by atoms with Gasteiger partial charge in [-0.3, -0.25) is 9.59 Å². The number of piperidine rings is 1. The van der Waals surface area contributed by atoms with Gasteiger partial charge in [-0.1, -0.05) is 11.6 Å².